The van der Waals surface area contributed by atoms with Gasteiger partial charge in [0.05, 0.1) is 18.7 Å². The standard InChI is InChI=1S/C10H11N3/c11-7-4-8-12-13-9-10-5-2-1-3-6-10/h1-3,5-6,9,12H,4,8H2. The Kier molecular flexibility index (Phi) is 4.12. The summed E-state index contributed by atoms with van der Waals surface area (Å²) in [5.41, 5.74) is 3.83. The predicted molar refractivity (Wildman–Crippen MR) is 52.3 cm³/mol. The molecule has 0 amide bonds. The van der Waals surface area contributed by atoms with Crippen LogP contribution >= 0.6 is 0 Å². The minimum atomic E-state index is 0.478. The van der Waals surface area contributed by atoms with Gasteiger partial charge < -0.3 is 5.43 Å². The lowest BCUT2D eigenvalue weighted by Crippen LogP contribution is -2.06. The molecule has 1 rings (SSSR count). The summed E-state index contributed by atoms with van der Waals surface area (Å²) >= 11 is 0. The van der Waals surface area contributed by atoms with Crippen LogP contribution in [-0.2, 0) is 0 Å². The number of nitriles is 1. The van der Waals surface area contributed by atoms with Crippen molar-refractivity contribution >= 4 is 6.21 Å². The molecule has 3 nitrogen and oxygen atoms in total. The normalized spacial score (nSPS) is 9.77. The minimum absolute atomic E-state index is 0.478. The van der Waals surface area contributed by atoms with E-state index in [4.69, 9.17) is 5.26 Å². The molecule has 0 aliphatic heterocycles. The summed E-state index contributed by atoms with van der Waals surface area (Å²) in [4.78, 5) is 0. The Morgan fingerprint density at radius 2 is 2.15 bits per heavy atom. The first-order chi connectivity index (χ1) is 6.43. The molecule has 0 spiro atoms. The monoisotopic (exact) mass is 173 g/mol. The molecule has 1 N–H and O–H groups in total. The van der Waals surface area contributed by atoms with Crippen LogP contribution in [0.2, 0.25) is 0 Å². The van der Waals surface area contributed by atoms with Gasteiger partial charge >= 0.3 is 0 Å². The number of hydrazone groups is 1. The summed E-state index contributed by atoms with van der Waals surface area (Å²) in [6, 6.07) is 11.8. The van der Waals surface area contributed by atoms with Gasteiger partial charge in [0.15, 0.2) is 0 Å². The predicted octanol–water partition coefficient (Wildman–Crippen LogP) is 1.52. The van der Waals surface area contributed by atoms with E-state index < -0.39 is 0 Å². The van der Waals surface area contributed by atoms with Crippen LogP contribution in [0.1, 0.15) is 12.0 Å². The van der Waals surface area contributed by atoms with Gasteiger partial charge in [-0.25, -0.2) is 0 Å². The summed E-state index contributed by atoms with van der Waals surface area (Å²) < 4.78 is 0. The third-order valence-electron chi connectivity index (χ3n) is 1.45. The van der Waals surface area contributed by atoms with Crippen LogP contribution < -0.4 is 5.43 Å². The first kappa shape index (κ1) is 9.27. The first-order valence-corrected chi connectivity index (χ1v) is 4.11. The van der Waals surface area contributed by atoms with Crippen LogP contribution in [0.3, 0.4) is 0 Å². The average molecular weight is 173 g/mol. The number of nitrogens with zero attached hydrogens (tertiary/aromatic N) is 2. The Morgan fingerprint density at radius 1 is 1.38 bits per heavy atom. The van der Waals surface area contributed by atoms with E-state index in [9.17, 15) is 0 Å². The molecule has 3 heteroatoms. The molecule has 0 radical (unpaired) electrons. The minimum Gasteiger partial charge on any atom is -0.309 e. The van der Waals surface area contributed by atoms with Crippen LogP contribution in [-0.4, -0.2) is 12.8 Å². The molecular weight excluding hydrogens is 162 g/mol. The van der Waals surface area contributed by atoms with Gasteiger partial charge in [0.2, 0.25) is 0 Å². The fourth-order valence-corrected chi connectivity index (χ4v) is 0.836. The Labute approximate surface area is 77.7 Å². The SMILES string of the molecule is N#CCCNN=Cc1ccccc1. The molecule has 0 bridgehead atoms. The van der Waals surface area contributed by atoms with E-state index in [0.29, 0.717) is 13.0 Å². The lowest BCUT2D eigenvalue weighted by Gasteiger charge is -1.93. The van der Waals surface area contributed by atoms with Crippen LogP contribution in [0.5, 0.6) is 0 Å². The molecule has 66 valence electrons. The van der Waals surface area contributed by atoms with Gasteiger partial charge in [0.1, 0.15) is 0 Å². The molecule has 1 aromatic carbocycles. The highest BCUT2D eigenvalue weighted by atomic mass is 15.3. The van der Waals surface area contributed by atoms with E-state index in [0.717, 1.165) is 5.56 Å². The van der Waals surface area contributed by atoms with Gasteiger partial charge in [-0.2, -0.15) is 10.4 Å². The van der Waals surface area contributed by atoms with Crippen LogP contribution in [0.4, 0.5) is 0 Å². The third-order valence-corrected chi connectivity index (χ3v) is 1.45. The van der Waals surface area contributed by atoms with E-state index in [1.54, 1.807) is 6.21 Å². The fourth-order valence-electron chi connectivity index (χ4n) is 0.836. The second-order valence-corrected chi connectivity index (χ2v) is 2.49. The lowest BCUT2D eigenvalue weighted by molar-refractivity contribution is 0.750. The van der Waals surface area contributed by atoms with Crippen molar-refractivity contribution in [2.24, 2.45) is 5.10 Å². The molecule has 1 aromatic rings. The summed E-state index contributed by atoms with van der Waals surface area (Å²) in [6.07, 6.45) is 2.21. The molecule has 0 aromatic heterocycles. The van der Waals surface area contributed by atoms with Gasteiger partial charge in [-0.15, -0.1) is 0 Å². The Hall–Kier alpha value is -1.82. The highest BCUT2D eigenvalue weighted by Gasteiger charge is 1.82. The summed E-state index contributed by atoms with van der Waals surface area (Å²) in [7, 11) is 0. The summed E-state index contributed by atoms with van der Waals surface area (Å²) in [6.45, 7) is 0.597. The van der Waals surface area contributed by atoms with Crippen molar-refractivity contribution in [2.75, 3.05) is 6.54 Å². The van der Waals surface area contributed by atoms with Crippen molar-refractivity contribution in [1.82, 2.24) is 5.43 Å². The highest BCUT2D eigenvalue weighted by Crippen LogP contribution is 1.92. The maximum Gasteiger partial charge on any atom is 0.0640 e. The molecule has 0 aliphatic carbocycles. The zero-order chi connectivity index (χ0) is 9.36. The summed E-state index contributed by atoms with van der Waals surface area (Å²) in [5.74, 6) is 0. The fraction of sp³-hybridized carbons (Fsp3) is 0.200. The molecule has 13 heavy (non-hydrogen) atoms. The molecular formula is C10H11N3. The molecule has 0 saturated carbocycles. The topological polar surface area (TPSA) is 48.2 Å². The Morgan fingerprint density at radius 3 is 2.85 bits per heavy atom. The molecule has 0 heterocycles. The van der Waals surface area contributed by atoms with E-state index in [1.165, 1.54) is 0 Å². The van der Waals surface area contributed by atoms with Gasteiger partial charge in [-0.1, -0.05) is 30.3 Å². The van der Waals surface area contributed by atoms with E-state index in [2.05, 4.69) is 10.5 Å². The average Bonchev–Trinajstić information content (AvgIpc) is 2.19. The number of hydrogen-bond acceptors (Lipinski definition) is 3. The largest absolute Gasteiger partial charge is 0.309 e. The second kappa shape index (κ2) is 5.78. The van der Waals surface area contributed by atoms with Crippen molar-refractivity contribution < 1.29 is 0 Å². The van der Waals surface area contributed by atoms with Crippen LogP contribution in [0.15, 0.2) is 35.4 Å². The second-order valence-electron chi connectivity index (χ2n) is 2.49. The van der Waals surface area contributed by atoms with Gasteiger partial charge in [0, 0.05) is 6.54 Å². The van der Waals surface area contributed by atoms with Crippen molar-refractivity contribution in [3.05, 3.63) is 35.9 Å². The molecule has 0 unspecified atom stereocenters. The highest BCUT2D eigenvalue weighted by molar-refractivity contribution is 5.79. The number of benzene rings is 1. The maximum absolute atomic E-state index is 8.24. The van der Waals surface area contributed by atoms with Crippen molar-refractivity contribution in [2.45, 2.75) is 6.42 Å². The van der Waals surface area contributed by atoms with Crippen LogP contribution in [0, 0.1) is 11.3 Å². The third kappa shape index (κ3) is 3.92. The molecule has 0 fully saturated rings. The van der Waals surface area contributed by atoms with Crippen molar-refractivity contribution in [3.8, 4) is 6.07 Å². The molecule has 0 saturated heterocycles. The molecule has 0 aliphatic rings. The van der Waals surface area contributed by atoms with E-state index >= 15 is 0 Å². The van der Waals surface area contributed by atoms with E-state index in [1.807, 2.05) is 36.4 Å². The van der Waals surface area contributed by atoms with Crippen molar-refractivity contribution in [3.63, 3.8) is 0 Å². The smallest absolute Gasteiger partial charge is 0.0640 e. The Bertz CT molecular complexity index is 298. The summed E-state index contributed by atoms with van der Waals surface area (Å²) in [5, 5.41) is 12.2. The van der Waals surface area contributed by atoms with E-state index in [-0.39, 0.29) is 0 Å². The van der Waals surface area contributed by atoms with Gasteiger partial charge in [0.25, 0.3) is 0 Å². The Balaban J connectivity index is 2.29. The van der Waals surface area contributed by atoms with Crippen molar-refractivity contribution in [1.29, 1.82) is 5.26 Å². The number of nitrogens with one attached hydrogen (secondary N) is 1. The molecule has 0 atom stereocenters. The van der Waals surface area contributed by atoms with Gasteiger partial charge in [-0.05, 0) is 5.56 Å². The first-order valence-electron chi connectivity index (χ1n) is 4.11. The maximum atomic E-state index is 8.24. The van der Waals surface area contributed by atoms with Gasteiger partial charge in [-0.3, -0.25) is 0 Å². The zero-order valence-corrected chi connectivity index (χ0v) is 7.27. The number of rotatable bonds is 4. The number of hydrogen-bond donors (Lipinski definition) is 1. The lowest BCUT2D eigenvalue weighted by atomic mass is 10.2. The quantitative estimate of drug-likeness (QED) is 0.426. The zero-order valence-electron chi connectivity index (χ0n) is 7.27. The van der Waals surface area contributed by atoms with Crippen LogP contribution in [0.25, 0.3) is 0 Å².